The predicted octanol–water partition coefficient (Wildman–Crippen LogP) is 4.20. The SMILES string of the molecule is CC(=NNC(=O)C(=Cc1ccc(F)cc1)NC(=O)c1ccccc1)c1cccs1. The molecule has 146 valence electrons. The van der Waals surface area contributed by atoms with Crippen LogP contribution in [0.3, 0.4) is 0 Å². The number of hydrazone groups is 1. The van der Waals surface area contributed by atoms with Crippen LogP contribution in [0.5, 0.6) is 0 Å². The summed E-state index contributed by atoms with van der Waals surface area (Å²) < 4.78 is 13.2. The number of hydrogen-bond acceptors (Lipinski definition) is 4. The number of thiophene rings is 1. The standard InChI is InChI=1S/C22H18FN3O2S/c1-15(20-8-5-13-29-20)25-26-22(28)19(14-16-9-11-18(23)12-10-16)24-21(27)17-6-3-2-4-7-17/h2-14H,1H3,(H,24,27)(H,26,28). The Morgan fingerprint density at radius 1 is 1.00 bits per heavy atom. The lowest BCUT2D eigenvalue weighted by Gasteiger charge is -2.09. The summed E-state index contributed by atoms with van der Waals surface area (Å²) in [7, 11) is 0. The molecule has 0 unspecified atom stereocenters. The number of nitrogens with one attached hydrogen (secondary N) is 2. The first-order valence-electron chi connectivity index (χ1n) is 8.75. The molecule has 0 atom stereocenters. The van der Waals surface area contributed by atoms with Crippen LogP contribution in [0.2, 0.25) is 0 Å². The van der Waals surface area contributed by atoms with Crippen LogP contribution in [0.1, 0.15) is 27.7 Å². The summed E-state index contributed by atoms with van der Waals surface area (Å²) in [6.07, 6.45) is 1.46. The van der Waals surface area contributed by atoms with E-state index in [0.717, 1.165) is 4.88 Å². The Morgan fingerprint density at radius 2 is 1.72 bits per heavy atom. The summed E-state index contributed by atoms with van der Waals surface area (Å²) in [4.78, 5) is 26.1. The molecule has 1 heterocycles. The van der Waals surface area contributed by atoms with Crippen molar-refractivity contribution in [1.29, 1.82) is 0 Å². The molecule has 7 heteroatoms. The largest absolute Gasteiger partial charge is 0.317 e. The number of rotatable bonds is 6. The fourth-order valence-electron chi connectivity index (χ4n) is 2.40. The third kappa shape index (κ3) is 5.70. The highest BCUT2D eigenvalue weighted by atomic mass is 32.1. The van der Waals surface area contributed by atoms with Crippen molar-refractivity contribution in [1.82, 2.24) is 10.7 Å². The zero-order valence-corrected chi connectivity index (χ0v) is 16.4. The Bertz CT molecular complexity index is 1040. The quantitative estimate of drug-likeness (QED) is 0.365. The lowest BCUT2D eigenvalue weighted by Crippen LogP contribution is -2.33. The highest BCUT2D eigenvalue weighted by Gasteiger charge is 2.14. The molecular formula is C22H18FN3O2S. The zero-order valence-electron chi connectivity index (χ0n) is 15.6. The van der Waals surface area contributed by atoms with Gasteiger partial charge in [0, 0.05) is 10.4 Å². The third-order valence-corrected chi connectivity index (χ3v) is 4.89. The Balaban J connectivity index is 1.83. The summed E-state index contributed by atoms with van der Waals surface area (Å²) in [5, 5.41) is 8.62. The van der Waals surface area contributed by atoms with Crippen molar-refractivity contribution in [2.75, 3.05) is 0 Å². The lowest BCUT2D eigenvalue weighted by atomic mass is 10.1. The minimum Gasteiger partial charge on any atom is -0.317 e. The second-order valence-corrected chi connectivity index (χ2v) is 6.99. The number of amides is 2. The van der Waals surface area contributed by atoms with Gasteiger partial charge in [0.25, 0.3) is 11.8 Å². The van der Waals surface area contributed by atoms with E-state index in [9.17, 15) is 14.0 Å². The van der Waals surface area contributed by atoms with Crippen molar-refractivity contribution in [3.8, 4) is 0 Å². The summed E-state index contributed by atoms with van der Waals surface area (Å²) >= 11 is 1.50. The van der Waals surface area contributed by atoms with Crippen molar-refractivity contribution in [3.05, 3.63) is 99.6 Å². The normalized spacial score (nSPS) is 11.8. The number of carbonyl (C=O) groups excluding carboxylic acids is 2. The van der Waals surface area contributed by atoms with Gasteiger partial charge in [0.05, 0.1) is 5.71 Å². The fourth-order valence-corrected chi connectivity index (χ4v) is 3.08. The van der Waals surface area contributed by atoms with Crippen molar-refractivity contribution < 1.29 is 14.0 Å². The number of halogens is 1. The molecule has 0 aliphatic heterocycles. The van der Waals surface area contributed by atoms with E-state index in [1.807, 2.05) is 17.5 Å². The van der Waals surface area contributed by atoms with Gasteiger partial charge in [0.15, 0.2) is 0 Å². The van der Waals surface area contributed by atoms with E-state index in [4.69, 9.17) is 0 Å². The van der Waals surface area contributed by atoms with Crippen LogP contribution in [0, 0.1) is 5.82 Å². The molecule has 2 amide bonds. The van der Waals surface area contributed by atoms with Crippen LogP contribution in [-0.2, 0) is 4.79 Å². The molecule has 0 radical (unpaired) electrons. The van der Waals surface area contributed by atoms with Gasteiger partial charge in [-0.25, -0.2) is 9.82 Å². The molecule has 0 bridgehead atoms. The Hall–Kier alpha value is -3.58. The van der Waals surface area contributed by atoms with Crippen LogP contribution >= 0.6 is 11.3 Å². The van der Waals surface area contributed by atoms with Crippen molar-refractivity contribution in [3.63, 3.8) is 0 Å². The first kappa shape index (κ1) is 20.2. The van der Waals surface area contributed by atoms with Crippen LogP contribution < -0.4 is 10.7 Å². The summed E-state index contributed by atoms with van der Waals surface area (Å²) in [5.74, 6) is -1.42. The molecule has 1 aromatic heterocycles. The van der Waals surface area contributed by atoms with Crippen molar-refractivity contribution in [2.45, 2.75) is 6.92 Å². The van der Waals surface area contributed by atoms with Crippen molar-refractivity contribution >= 4 is 34.9 Å². The van der Waals surface area contributed by atoms with Gasteiger partial charge in [-0.2, -0.15) is 5.10 Å². The van der Waals surface area contributed by atoms with E-state index < -0.39 is 17.6 Å². The van der Waals surface area contributed by atoms with E-state index in [2.05, 4.69) is 15.8 Å². The molecule has 2 aromatic carbocycles. The highest BCUT2D eigenvalue weighted by Crippen LogP contribution is 2.11. The monoisotopic (exact) mass is 407 g/mol. The predicted molar refractivity (Wildman–Crippen MR) is 113 cm³/mol. The number of hydrogen-bond donors (Lipinski definition) is 2. The molecule has 5 nitrogen and oxygen atoms in total. The smallest absolute Gasteiger partial charge is 0.287 e. The Morgan fingerprint density at radius 3 is 2.38 bits per heavy atom. The molecule has 0 aliphatic rings. The van der Waals surface area contributed by atoms with E-state index in [-0.39, 0.29) is 5.70 Å². The Kier molecular flexibility index (Phi) is 6.65. The molecule has 3 rings (SSSR count). The van der Waals surface area contributed by atoms with Gasteiger partial charge in [0.2, 0.25) is 0 Å². The second-order valence-electron chi connectivity index (χ2n) is 6.05. The van der Waals surface area contributed by atoms with Crippen LogP contribution in [0.25, 0.3) is 6.08 Å². The van der Waals surface area contributed by atoms with Crippen LogP contribution in [0.4, 0.5) is 4.39 Å². The van der Waals surface area contributed by atoms with Gasteiger partial charge in [-0.05, 0) is 54.3 Å². The summed E-state index contributed by atoms with van der Waals surface area (Å²) in [5.41, 5.74) is 4.06. The van der Waals surface area contributed by atoms with Gasteiger partial charge >= 0.3 is 0 Å². The fraction of sp³-hybridized carbons (Fsp3) is 0.0455. The van der Waals surface area contributed by atoms with E-state index in [0.29, 0.717) is 16.8 Å². The third-order valence-electron chi connectivity index (χ3n) is 3.91. The van der Waals surface area contributed by atoms with Gasteiger partial charge < -0.3 is 5.32 Å². The number of benzene rings is 2. The molecule has 0 saturated heterocycles. The minimum absolute atomic E-state index is 0.00630. The van der Waals surface area contributed by atoms with Crippen LogP contribution in [0.15, 0.2) is 82.9 Å². The average Bonchev–Trinajstić information content (AvgIpc) is 3.28. The molecule has 0 spiro atoms. The van der Waals surface area contributed by atoms with E-state index >= 15 is 0 Å². The van der Waals surface area contributed by atoms with Gasteiger partial charge in [0.1, 0.15) is 11.5 Å². The highest BCUT2D eigenvalue weighted by molar-refractivity contribution is 7.12. The van der Waals surface area contributed by atoms with Gasteiger partial charge in [-0.15, -0.1) is 11.3 Å². The van der Waals surface area contributed by atoms with Gasteiger partial charge in [-0.1, -0.05) is 36.4 Å². The maximum atomic E-state index is 13.2. The molecular weight excluding hydrogens is 389 g/mol. The average molecular weight is 407 g/mol. The summed E-state index contributed by atoms with van der Waals surface area (Å²) in [6, 6.07) is 17.9. The summed E-state index contributed by atoms with van der Waals surface area (Å²) in [6.45, 7) is 1.78. The van der Waals surface area contributed by atoms with E-state index in [1.165, 1.54) is 41.7 Å². The molecule has 3 aromatic rings. The maximum Gasteiger partial charge on any atom is 0.287 e. The molecule has 0 saturated carbocycles. The molecule has 2 N–H and O–H groups in total. The first-order valence-corrected chi connectivity index (χ1v) is 9.63. The number of carbonyl (C=O) groups is 2. The van der Waals surface area contributed by atoms with E-state index in [1.54, 1.807) is 37.3 Å². The molecule has 0 fully saturated rings. The Labute approximate surface area is 171 Å². The molecule has 0 aliphatic carbocycles. The molecule has 29 heavy (non-hydrogen) atoms. The van der Waals surface area contributed by atoms with Gasteiger partial charge in [-0.3, -0.25) is 9.59 Å². The number of nitrogens with zero attached hydrogens (tertiary/aromatic N) is 1. The minimum atomic E-state index is -0.588. The lowest BCUT2D eigenvalue weighted by molar-refractivity contribution is -0.117. The second kappa shape index (κ2) is 9.57. The van der Waals surface area contributed by atoms with Crippen LogP contribution in [-0.4, -0.2) is 17.5 Å². The van der Waals surface area contributed by atoms with Crippen molar-refractivity contribution in [2.24, 2.45) is 5.10 Å². The zero-order chi connectivity index (χ0) is 20.6. The maximum absolute atomic E-state index is 13.2. The topological polar surface area (TPSA) is 70.6 Å². The first-order chi connectivity index (χ1) is 14.0.